The smallest absolute Gasteiger partial charge is 0.264 e. The first-order valence-electron chi connectivity index (χ1n) is 14.8. The fourth-order valence-corrected chi connectivity index (χ4v) is 6.42. The second-order valence-electron chi connectivity index (χ2n) is 11.0. The van der Waals surface area contributed by atoms with Gasteiger partial charge in [0.2, 0.25) is 11.8 Å². The average Bonchev–Trinajstić information content (AvgIpc) is 3.06. The summed E-state index contributed by atoms with van der Waals surface area (Å²) in [5.41, 5.74) is 0.857. The van der Waals surface area contributed by atoms with E-state index in [-0.39, 0.29) is 46.7 Å². The van der Waals surface area contributed by atoms with Gasteiger partial charge in [-0.1, -0.05) is 48.5 Å². The highest BCUT2D eigenvalue weighted by Crippen LogP contribution is 2.32. The van der Waals surface area contributed by atoms with Crippen molar-refractivity contribution in [3.05, 3.63) is 120 Å². The molecule has 0 saturated heterocycles. The number of ether oxygens (including phenoxy) is 2. The Morgan fingerprint density at radius 1 is 0.830 bits per heavy atom. The zero-order chi connectivity index (χ0) is 34.1. The summed E-state index contributed by atoms with van der Waals surface area (Å²) >= 11 is 0. The molecular formula is C35H37F2N3O6S. The molecule has 0 aliphatic carbocycles. The van der Waals surface area contributed by atoms with Crippen LogP contribution in [0.1, 0.15) is 25.0 Å². The van der Waals surface area contributed by atoms with E-state index in [0.29, 0.717) is 0 Å². The fraction of sp³-hybridized carbons (Fsp3) is 0.257. The van der Waals surface area contributed by atoms with Crippen LogP contribution in [0.2, 0.25) is 0 Å². The molecule has 0 aromatic heterocycles. The quantitative estimate of drug-likeness (QED) is 0.195. The number of methoxy groups -OCH3 is 2. The number of hydrogen-bond acceptors (Lipinski definition) is 6. The molecule has 1 atom stereocenters. The van der Waals surface area contributed by atoms with E-state index in [2.05, 4.69) is 5.32 Å². The van der Waals surface area contributed by atoms with E-state index >= 15 is 4.39 Å². The van der Waals surface area contributed by atoms with Gasteiger partial charge in [0.15, 0.2) is 11.5 Å². The second-order valence-corrected chi connectivity index (χ2v) is 12.8. The van der Waals surface area contributed by atoms with Crippen LogP contribution >= 0.6 is 0 Å². The molecule has 0 aliphatic heterocycles. The van der Waals surface area contributed by atoms with Crippen molar-refractivity contribution in [3.63, 3.8) is 0 Å². The number of rotatable bonds is 14. The van der Waals surface area contributed by atoms with Crippen LogP contribution in [-0.4, -0.2) is 58.0 Å². The Morgan fingerprint density at radius 2 is 1.47 bits per heavy atom. The van der Waals surface area contributed by atoms with Crippen molar-refractivity contribution < 1.29 is 36.3 Å². The van der Waals surface area contributed by atoms with Gasteiger partial charge in [-0.05, 0) is 61.9 Å². The molecule has 9 nitrogen and oxygen atoms in total. The van der Waals surface area contributed by atoms with Crippen molar-refractivity contribution in [2.75, 3.05) is 25.1 Å². The summed E-state index contributed by atoms with van der Waals surface area (Å²) in [7, 11) is -1.75. The normalized spacial score (nSPS) is 11.9. The predicted octanol–water partition coefficient (Wildman–Crippen LogP) is 5.34. The second kappa shape index (κ2) is 15.5. The lowest BCUT2D eigenvalue weighted by Gasteiger charge is -2.34. The molecule has 0 aliphatic rings. The standard InChI is InChI=1S/C35H37F2N3O6S/c1-24(2)38-35(42)31(20-25-10-6-5-7-11-25)39(22-26-12-8-9-13-30(26)37)34(41)23-40(28-16-14-27(36)15-17-28)47(43,44)29-18-19-32(45-3)33(21-29)46-4/h5-19,21,24,31H,20,22-23H2,1-4H3,(H,38,42)/t31-/m1/s1. The summed E-state index contributed by atoms with van der Waals surface area (Å²) in [6, 6.07) is 22.0. The summed E-state index contributed by atoms with van der Waals surface area (Å²) in [6.45, 7) is 2.41. The van der Waals surface area contributed by atoms with Crippen LogP contribution < -0.4 is 19.1 Å². The molecule has 2 amide bonds. The van der Waals surface area contributed by atoms with Crippen LogP contribution in [0.25, 0.3) is 0 Å². The number of halogens is 2. The first-order valence-corrected chi connectivity index (χ1v) is 16.3. The highest BCUT2D eigenvalue weighted by atomic mass is 32.2. The highest BCUT2D eigenvalue weighted by molar-refractivity contribution is 7.92. The maximum absolute atomic E-state index is 15.0. The van der Waals surface area contributed by atoms with Crippen LogP contribution in [0, 0.1) is 11.6 Å². The van der Waals surface area contributed by atoms with Crippen LogP contribution in [-0.2, 0) is 32.6 Å². The summed E-state index contributed by atoms with van der Waals surface area (Å²) in [5, 5.41) is 2.84. The van der Waals surface area contributed by atoms with E-state index in [9.17, 15) is 22.4 Å². The largest absolute Gasteiger partial charge is 0.493 e. The lowest BCUT2D eigenvalue weighted by atomic mass is 10.0. The number of benzene rings is 4. The third kappa shape index (κ3) is 8.64. The average molecular weight is 666 g/mol. The molecular weight excluding hydrogens is 628 g/mol. The number of nitrogens with zero attached hydrogens (tertiary/aromatic N) is 2. The van der Waals surface area contributed by atoms with Crippen LogP contribution in [0.15, 0.2) is 102 Å². The third-order valence-electron chi connectivity index (χ3n) is 7.34. The zero-order valence-corrected chi connectivity index (χ0v) is 27.3. The summed E-state index contributed by atoms with van der Waals surface area (Å²) in [5.74, 6) is -2.08. The van der Waals surface area contributed by atoms with Gasteiger partial charge in [0.25, 0.3) is 10.0 Å². The molecule has 0 heterocycles. The van der Waals surface area contributed by atoms with Crippen molar-refractivity contribution in [3.8, 4) is 11.5 Å². The van der Waals surface area contributed by atoms with Crippen molar-refractivity contribution in [1.29, 1.82) is 0 Å². The number of nitrogens with one attached hydrogen (secondary N) is 1. The lowest BCUT2D eigenvalue weighted by Crippen LogP contribution is -2.54. The fourth-order valence-electron chi connectivity index (χ4n) is 4.99. The SMILES string of the molecule is COc1ccc(S(=O)(=O)N(CC(=O)N(Cc2ccccc2F)[C@H](Cc2ccccc2)C(=O)NC(C)C)c2ccc(F)cc2)cc1OC. The summed E-state index contributed by atoms with van der Waals surface area (Å²) in [6.07, 6.45) is 0.0680. The monoisotopic (exact) mass is 665 g/mol. The molecule has 4 rings (SSSR count). The predicted molar refractivity (Wildman–Crippen MR) is 175 cm³/mol. The first-order chi connectivity index (χ1) is 22.4. The van der Waals surface area contributed by atoms with E-state index in [1.807, 2.05) is 6.07 Å². The molecule has 0 unspecified atom stereocenters. The van der Waals surface area contributed by atoms with Gasteiger partial charge in [0, 0.05) is 30.6 Å². The molecule has 0 fully saturated rings. The Balaban J connectivity index is 1.83. The highest BCUT2D eigenvalue weighted by Gasteiger charge is 2.35. The van der Waals surface area contributed by atoms with E-state index in [1.54, 1.807) is 44.2 Å². The number of carbonyl (C=O) groups excluding carboxylic acids is 2. The van der Waals surface area contributed by atoms with Gasteiger partial charge in [-0.25, -0.2) is 17.2 Å². The topological polar surface area (TPSA) is 105 Å². The van der Waals surface area contributed by atoms with Crippen molar-refractivity contribution in [2.45, 2.75) is 43.8 Å². The molecule has 4 aromatic rings. The van der Waals surface area contributed by atoms with Gasteiger partial charge < -0.3 is 19.7 Å². The van der Waals surface area contributed by atoms with Gasteiger partial charge in [0.1, 0.15) is 24.2 Å². The number of amides is 2. The van der Waals surface area contributed by atoms with E-state index < -0.39 is 46.1 Å². The molecule has 0 saturated carbocycles. The van der Waals surface area contributed by atoms with E-state index in [1.165, 1.54) is 67.7 Å². The first kappa shape index (κ1) is 34.9. The van der Waals surface area contributed by atoms with Crippen LogP contribution in [0.5, 0.6) is 11.5 Å². The molecule has 0 spiro atoms. The Hall–Kier alpha value is -4.97. The van der Waals surface area contributed by atoms with Gasteiger partial charge in [0.05, 0.1) is 24.8 Å². The molecule has 47 heavy (non-hydrogen) atoms. The van der Waals surface area contributed by atoms with E-state index in [4.69, 9.17) is 9.47 Å². The van der Waals surface area contributed by atoms with Crippen LogP contribution in [0.4, 0.5) is 14.5 Å². The molecule has 1 N–H and O–H groups in total. The molecule has 0 bridgehead atoms. The Bertz CT molecular complexity index is 1790. The number of hydrogen-bond donors (Lipinski definition) is 1. The Morgan fingerprint density at radius 3 is 2.09 bits per heavy atom. The van der Waals surface area contributed by atoms with E-state index in [0.717, 1.165) is 22.0 Å². The number of sulfonamides is 1. The Labute approximate surface area is 273 Å². The van der Waals surface area contributed by atoms with Gasteiger partial charge in [-0.3, -0.25) is 13.9 Å². The number of anilines is 1. The number of carbonyl (C=O) groups is 2. The Kier molecular flexibility index (Phi) is 11.5. The maximum Gasteiger partial charge on any atom is 0.264 e. The summed E-state index contributed by atoms with van der Waals surface area (Å²) < 4.78 is 68.8. The minimum atomic E-state index is -4.50. The molecule has 12 heteroatoms. The zero-order valence-electron chi connectivity index (χ0n) is 26.5. The summed E-state index contributed by atoms with van der Waals surface area (Å²) in [4.78, 5) is 29.1. The minimum Gasteiger partial charge on any atom is -0.493 e. The minimum absolute atomic E-state index is 0.00776. The van der Waals surface area contributed by atoms with Gasteiger partial charge in [-0.15, -0.1) is 0 Å². The lowest BCUT2D eigenvalue weighted by molar-refractivity contribution is -0.140. The van der Waals surface area contributed by atoms with Crippen molar-refractivity contribution in [1.82, 2.24) is 10.2 Å². The van der Waals surface area contributed by atoms with Gasteiger partial charge in [-0.2, -0.15) is 0 Å². The molecule has 248 valence electrons. The molecule has 4 aromatic carbocycles. The van der Waals surface area contributed by atoms with Gasteiger partial charge >= 0.3 is 0 Å². The maximum atomic E-state index is 15.0. The van der Waals surface area contributed by atoms with Crippen molar-refractivity contribution in [2.24, 2.45) is 0 Å². The van der Waals surface area contributed by atoms with Crippen LogP contribution in [0.3, 0.4) is 0 Å². The third-order valence-corrected chi connectivity index (χ3v) is 9.11. The van der Waals surface area contributed by atoms with Crippen molar-refractivity contribution >= 4 is 27.5 Å². The molecule has 0 radical (unpaired) electrons.